The van der Waals surface area contributed by atoms with Crippen molar-refractivity contribution in [1.29, 1.82) is 0 Å². The van der Waals surface area contributed by atoms with Crippen LogP contribution in [0, 0.1) is 0 Å². The third kappa shape index (κ3) is 3.70. The van der Waals surface area contributed by atoms with Gasteiger partial charge in [-0.3, -0.25) is 0 Å². The van der Waals surface area contributed by atoms with Gasteiger partial charge >= 0.3 is 238 Å². The monoisotopic (exact) mass is 614 g/mol. The van der Waals surface area contributed by atoms with Crippen molar-refractivity contribution >= 4 is 71.8 Å². The number of nitrogens with zero attached hydrogens (tertiary/aromatic N) is 2. The third-order valence-corrected chi connectivity index (χ3v) is 10.5. The maximum absolute atomic E-state index is 2.38. The van der Waals surface area contributed by atoms with E-state index in [1.807, 2.05) is 0 Å². The Bertz CT molecular complexity index is 1870. The van der Waals surface area contributed by atoms with Gasteiger partial charge in [0.15, 0.2) is 0 Å². The molecular weight excluding hydrogens is 588 g/mol. The van der Waals surface area contributed by atoms with Crippen LogP contribution < -0.4 is 7.22 Å². The number of aromatic nitrogens is 2. The fourth-order valence-electron chi connectivity index (χ4n) is 5.86. The first kappa shape index (κ1) is 22.7. The molecule has 0 aliphatic rings. The summed E-state index contributed by atoms with van der Waals surface area (Å²) in [6.07, 6.45) is 0. The molecule has 0 radical (unpaired) electrons. The van der Waals surface area contributed by atoms with Crippen LogP contribution in [0.15, 0.2) is 146 Å². The Labute approximate surface area is 236 Å². The number of fused-ring (bicyclic) bond motifs is 6. The second kappa shape index (κ2) is 9.17. The predicted octanol–water partition coefficient (Wildman–Crippen LogP) is 7.54. The van der Waals surface area contributed by atoms with Crippen LogP contribution in [0.3, 0.4) is 0 Å². The Morgan fingerprint density at radius 3 is 0.897 bits per heavy atom. The van der Waals surface area contributed by atoms with E-state index in [0.29, 0.717) is 0 Å². The van der Waals surface area contributed by atoms with E-state index in [1.54, 1.807) is 0 Å². The minimum absolute atomic E-state index is 0.488. The van der Waals surface area contributed by atoms with Gasteiger partial charge in [-0.05, 0) is 0 Å². The van der Waals surface area contributed by atoms with Crippen LogP contribution in [0.5, 0.6) is 0 Å². The Balaban J connectivity index is 1.12. The molecule has 2 aromatic heterocycles. The summed E-state index contributed by atoms with van der Waals surface area (Å²) in [6, 6.07) is 53.2. The van der Waals surface area contributed by atoms with Gasteiger partial charge in [0.25, 0.3) is 0 Å². The zero-order chi connectivity index (χ0) is 25.8. The second-order valence-electron chi connectivity index (χ2n) is 9.83. The van der Waals surface area contributed by atoms with E-state index in [-0.39, 0.29) is 0 Å². The molecule has 39 heavy (non-hydrogen) atoms. The van der Waals surface area contributed by atoms with Crippen molar-refractivity contribution in [1.82, 2.24) is 9.13 Å². The van der Waals surface area contributed by atoms with E-state index < -0.39 is 20.9 Å². The summed E-state index contributed by atoms with van der Waals surface area (Å²) in [5.74, 6) is 0. The van der Waals surface area contributed by atoms with Crippen molar-refractivity contribution in [2.45, 2.75) is 0 Å². The van der Waals surface area contributed by atoms with Crippen molar-refractivity contribution in [3.63, 3.8) is 0 Å². The summed E-state index contributed by atoms with van der Waals surface area (Å²) in [6.45, 7) is 0. The number of hydrogen-bond acceptors (Lipinski definition) is 0. The molecule has 0 saturated heterocycles. The summed E-state index contributed by atoms with van der Waals surface area (Å²) in [4.78, 5) is 0. The van der Waals surface area contributed by atoms with Crippen molar-refractivity contribution in [2.24, 2.45) is 0 Å². The molecule has 0 aliphatic heterocycles. The topological polar surface area (TPSA) is 9.86 Å². The normalized spacial score (nSPS) is 11.7. The molecule has 3 heteroatoms. The predicted molar refractivity (Wildman–Crippen MR) is 167 cm³/mol. The number of para-hydroxylation sites is 4. The van der Waals surface area contributed by atoms with Crippen molar-refractivity contribution < 1.29 is 0 Å². The molecular formula is C36H24N2Te. The average Bonchev–Trinajstić information content (AvgIpc) is 3.51. The second-order valence-corrected chi connectivity index (χ2v) is 13.1. The molecule has 0 unspecified atom stereocenters. The van der Waals surface area contributed by atoms with Crippen molar-refractivity contribution in [2.75, 3.05) is 0 Å². The number of benzene rings is 6. The van der Waals surface area contributed by atoms with Crippen LogP contribution in [0.1, 0.15) is 0 Å². The molecule has 0 fully saturated rings. The van der Waals surface area contributed by atoms with Crippen LogP contribution >= 0.6 is 0 Å². The molecule has 0 saturated carbocycles. The average molecular weight is 612 g/mol. The summed E-state index contributed by atoms with van der Waals surface area (Å²) in [5, 5.41) is 5.20. The molecule has 0 aliphatic carbocycles. The van der Waals surface area contributed by atoms with Crippen molar-refractivity contribution in [3.05, 3.63) is 146 Å². The van der Waals surface area contributed by atoms with E-state index in [4.69, 9.17) is 0 Å². The van der Waals surface area contributed by atoms with Crippen LogP contribution in [0.2, 0.25) is 0 Å². The van der Waals surface area contributed by atoms with Gasteiger partial charge in [-0.15, -0.1) is 0 Å². The van der Waals surface area contributed by atoms with E-state index >= 15 is 0 Å². The van der Waals surface area contributed by atoms with Crippen LogP contribution in [0.25, 0.3) is 55.0 Å². The summed E-state index contributed by atoms with van der Waals surface area (Å²) in [5.41, 5.74) is 7.44. The third-order valence-electron chi connectivity index (χ3n) is 7.59. The van der Waals surface area contributed by atoms with Gasteiger partial charge in [-0.2, -0.15) is 0 Å². The Morgan fingerprint density at radius 1 is 0.308 bits per heavy atom. The quantitative estimate of drug-likeness (QED) is 0.182. The van der Waals surface area contributed by atoms with Gasteiger partial charge in [0.1, 0.15) is 0 Å². The first-order valence-electron chi connectivity index (χ1n) is 13.2. The van der Waals surface area contributed by atoms with Crippen LogP contribution in [0.4, 0.5) is 0 Å². The van der Waals surface area contributed by atoms with Gasteiger partial charge < -0.3 is 0 Å². The molecule has 0 amide bonds. The van der Waals surface area contributed by atoms with E-state index in [9.17, 15) is 0 Å². The number of rotatable bonds is 4. The fourth-order valence-corrected chi connectivity index (χ4v) is 8.19. The summed E-state index contributed by atoms with van der Waals surface area (Å²) >= 11 is -0.488. The molecule has 2 nitrogen and oxygen atoms in total. The molecule has 0 spiro atoms. The molecule has 0 atom stereocenters. The first-order valence-corrected chi connectivity index (χ1v) is 15.5. The van der Waals surface area contributed by atoms with Gasteiger partial charge in [0.05, 0.1) is 0 Å². The maximum atomic E-state index is 2.38. The van der Waals surface area contributed by atoms with E-state index in [1.165, 1.54) is 62.2 Å². The summed E-state index contributed by atoms with van der Waals surface area (Å²) in [7, 11) is 0. The molecule has 184 valence electrons. The van der Waals surface area contributed by atoms with E-state index in [2.05, 4.69) is 155 Å². The Morgan fingerprint density at radius 2 is 0.590 bits per heavy atom. The molecule has 2 heterocycles. The first-order chi connectivity index (χ1) is 19.3. The SMILES string of the molecule is c1ccc2c(c1)c1ccccc1n2-c1ccc([Te]c2ccc(-n3c4ccccc4c4ccccc43)cc2)cc1. The zero-order valence-corrected chi connectivity index (χ0v) is 23.5. The van der Waals surface area contributed by atoms with Gasteiger partial charge in [-0.1, -0.05) is 0 Å². The standard InChI is InChI=1S/C36H24N2Te/c1-5-13-33-29(9-1)30-10-2-6-14-34(30)37(33)25-17-21-27(22-18-25)39-28-23-19-26(20-24-28)38-35-15-7-3-11-31(35)32-12-4-8-16-36(32)38/h1-24H. The molecule has 0 N–H and O–H groups in total. The van der Waals surface area contributed by atoms with Gasteiger partial charge in [0.2, 0.25) is 0 Å². The Hall–Kier alpha value is -4.29. The van der Waals surface area contributed by atoms with Crippen LogP contribution in [-0.2, 0) is 0 Å². The molecule has 0 bridgehead atoms. The Kier molecular flexibility index (Phi) is 5.33. The van der Waals surface area contributed by atoms with E-state index in [0.717, 1.165) is 0 Å². The number of hydrogen-bond donors (Lipinski definition) is 0. The van der Waals surface area contributed by atoms with Crippen LogP contribution in [-0.4, -0.2) is 30.1 Å². The molecule has 8 aromatic rings. The molecule has 6 aromatic carbocycles. The van der Waals surface area contributed by atoms with Gasteiger partial charge in [0, 0.05) is 0 Å². The fraction of sp³-hybridized carbons (Fsp3) is 0. The zero-order valence-electron chi connectivity index (χ0n) is 21.2. The minimum atomic E-state index is -0.488. The molecule has 8 rings (SSSR count). The van der Waals surface area contributed by atoms with Gasteiger partial charge in [-0.25, -0.2) is 0 Å². The van der Waals surface area contributed by atoms with Crippen molar-refractivity contribution in [3.8, 4) is 11.4 Å². The summed E-state index contributed by atoms with van der Waals surface area (Å²) < 4.78 is 7.65.